The van der Waals surface area contributed by atoms with E-state index in [0.29, 0.717) is 22.3 Å². The number of aromatic nitrogens is 4. The SMILES string of the molecule is CN(c1ccccc1C#N)c1cc(Cl)nc2ncnn12. The summed E-state index contributed by atoms with van der Waals surface area (Å²) in [7, 11) is 1.84. The Morgan fingerprint density at radius 1 is 1.35 bits per heavy atom. The van der Waals surface area contributed by atoms with Gasteiger partial charge in [0.25, 0.3) is 5.78 Å². The summed E-state index contributed by atoms with van der Waals surface area (Å²) in [6.45, 7) is 0. The van der Waals surface area contributed by atoms with Crippen LogP contribution in [0.5, 0.6) is 0 Å². The van der Waals surface area contributed by atoms with Crippen LogP contribution in [-0.4, -0.2) is 26.6 Å². The first-order chi connectivity index (χ1) is 9.70. The number of rotatable bonds is 2. The van der Waals surface area contributed by atoms with E-state index in [1.54, 1.807) is 16.6 Å². The van der Waals surface area contributed by atoms with Crippen LogP contribution in [0.15, 0.2) is 36.7 Å². The number of para-hydroxylation sites is 1. The zero-order valence-electron chi connectivity index (χ0n) is 10.5. The summed E-state index contributed by atoms with van der Waals surface area (Å²) in [5, 5.41) is 13.6. The number of benzene rings is 1. The summed E-state index contributed by atoms with van der Waals surface area (Å²) in [6, 6.07) is 11.1. The van der Waals surface area contributed by atoms with Gasteiger partial charge in [-0.05, 0) is 12.1 Å². The minimum absolute atomic E-state index is 0.321. The maximum atomic E-state index is 9.19. The molecule has 98 valence electrons. The standard InChI is InChI=1S/C13H9ClN6/c1-19(10-5-3-2-4-9(10)7-15)12-6-11(14)18-13-16-8-17-20(12)13/h2-6,8H,1H3. The van der Waals surface area contributed by atoms with Crippen molar-refractivity contribution in [1.29, 1.82) is 5.26 Å². The monoisotopic (exact) mass is 284 g/mol. The zero-order valence-corrected chi connectivity index (χ0v) is 11.3. The van der Waals surface area contributed by atoms with E-state index in [1.165, 1.54) is 6.33 Å². The van der Waals surface area contributed by atoms with E-state index in [9.17, 15) is 5.26 Å². The smallest absolute Gasteiger partial charge is 0.255 e. The Kier molecular flexibility index (Phi) is 2.97. The highest BCUT2D eigenvalue weighted by molar-refractivity contribution is 6.29. The van der Waals surface area contributed by atoms with Gasteiger partial charge in [0, 0.05) is 13.1 Å². The summed E-state index contributed by atoms with van der Waals surface area (Å²) in [6.07, 6.45) is 1.41. The second kappa shape index (κ2) is 4.79. The summed E-state index contributed by atoms with van der Waals surface area (Å²) in [5.74, 6) is 1.09. The number of nitriles is 1. The van der Waals surface area contributed by atoms with Gasteiger partial charge in [0.15, 0.2) is 0 Å². The van der Waals surface area contributed by atoms with Gasteiger partial charge in [-0.2, -0.15) is 24.8 Å². The van der Waals surface area contributed by atoms with Crippen LogP contribution in [0.25, 0.3) is 5.78 Å². The number of nitrogens with zero attached hydrogens (tertiary/aromatic N) is 6. The maximum Gasteiger partial charge on any atom is 0.255 e. The molecular formula is C13H9ClN6. The van der Waals surface area contributed by atoms with Gasteiger partial charge < -0.3 is 4.90 Å². The molecule has 0 radical (unpaired) electrons. The number of fused-ring (bicyclic) bond motifs is 1. The molecule has 3 aromatic rings. The van der Waals surface area contributed by atoms with Crippen molar-refractivity contribution in [3.63, 3.8) is 0 Å². The molecular weight excluding hydrogens is 276 g/mol. The molecule has 0 amide bonds. The lowest BCUT2D eigenvalue weighted by Crippen LogP contribution is -2.15. The molecule has 2 aromatic heterocycles. The van der Waals surface area contributed by atoms with Gasteiger partial charge in [0.1, 0.15) is 23.4 Å². The Balaban J connectivity index is 2.20. The van der Waals surface area contributed by atoms with Crippen LogP contribution < -0.4 is 4.90 Å². The fraction of sp³-hybridized carbons (Fsp3) is 0.0769. The van der Waals surface area contributed by atoms with Gasteiger partial charge in [-0.3, -0.25) is 0 Å². The van der Waals surface area contributed by atoms with Gasteiger partial charge in [0.2, 0.25) is 0 Å². The van der Waals surface area contributed by atoms with Gasteiger partial charge in [-0.1, -0.05) is 23.7 Å². The molecule has 0 aliphatic heterocycles. The average Bonchev–Trinajstić information content (AvgIpc) is 2.93. The lowest BCUT2D eigenvalue weighted by Gasteiger charge is -2.20. The molecule has 20 heavy (non-hydrogen) atoms. The van der Waals surface area contributed by atoms with E-state index in [0.717, 1.165) is 5.69 Å². The Labute approximate surface area is 119 Å². The van der Waals surface area contributed by atoms with Gasteiger partial charge in [0.05, 0.1) is 11.3 Å². The third kappa shape index (κ3) is 1.94. The molecule has 0 unspecified atom stereocenters. The molecule has 0 bridgehead atoms. The molecule has 0 N–H and O–H groups in total. The van der Waals surface area contributed by atoms with Crippen LogP contribution in [0.4, 0.5) is 11.5 Å². The van der Waals surface area contributed by atoms with Crippen molar-refractivity contribution >= 4 is 28.9 Å². The van der Waals surface area contributed by atoms with Crippen LogP contribution in [0.3, 0.4) is 0 Å². The van der Waals surface area contributed by atoms with Gasteiger partial charge in [-0.25, -0.2) is 0 Å². The molecule has 0 aliphatic carbocycles. The molecule has 0 fully saturated rings. The van der Waals surface area contributed by atoms with E-state index in [-0.39, 0.29) is 0 Å². The number of hydrogen-bond donors (Lipinski definition) is 0. The van der Waals surface area contributed by atoms with Crippen molar-refractivity contribution in [2.45, 2.75) is 0 Å². The van der Waals surface area contributed by atoms with Crippen LogP contribution in [-0.2, 0) is 0 Å². The minimum atomic E-state index is 0.321. The Morgan fingerprint density at radius 2 is 2.15 bits per heavy atom. The van der Waals surface area contributed by atoms with Crippen molar-refractivity contribution in [2.75, 3.05) is 11.9 Å². The maximum absolute atomic E-state index is 9.19. The lowest BCUT2D eigenvalue weighted by molar-refractivity contribution is 0.911. The van der Waals surface area contributed by atoms with Crippen molar-refractivity contribution < 1.29 is 0 Å². The fourth-order valence-electron chi connectivity index (χ4n) is 1.99. The molecule has 7 heteroatoms. The number of hydrogen-bond acceptors (Lipinski definition) is 5. The highest BCUT2D eigenvalue weighted by Gasteiger charge is 2.14. The molecule has 0 aliphatic rings. The number of halogens is 1. The second-order valence-corrected chi connectivity index (χ2v) is 4.48. The third-order valence-corrected chi connectivity index (χ3v) is 3.12. The first kappa shape index (κ1) is 12.4. The van der Waals surface area contributed by atoms with E-state index >= 15 is 0 Å². The predicted molar refractivity (Wildman–Crippen MR) is 75.0 cm³/mol. The lowest BCUT2D eigenvalue weighted by atomic mass is 10.2. The predicted octanol–water partition coefficient (Wildman–Crippen LogP) is 2.42. The summed E-state index contributed by atoms with van der Waals surface area (Å²) in [4.78, 5) is 9.93. The van der Waals surface area contributed by atoms with E-state index < -0.39 is 0 Å². The van der Waals surface area contributed by atoms with E-state index in [4.69, 9.17) is 11.6 Å². The average molecular weight is 285 g/mol. The van der Waals surface area contributed by atoms with Crippen molar-refractivity contribution in [3.8, 4) is 6.07 Å². The summed E-state index contributed by atoms with van der Waals surface area (Å²) in [5.41, 5.74) is 1.32. The summed E-state index contributed by atoms with van der Waals surface area (Å²) >= 11 is 6.00. The molecule has 6 nitrogen and oxygen atoms in total. The molecule has 2 heterocycles. The van der Waals surface area contributed by atoms with Crippen molar-refractivity contribution in [1.82, 2.24) is 19.6 Å². The molecule has 0 spiro atoms. The third-order valence-electron chi connectivity index (χ3n) is 2.93. The normalized spacial score (nSPS) is 10.4. The van der Waals surface area contributed by atoms with Crippen LogP contribution >= 0.6 is 11.6 Å². The summed E-state index contributed by atoms with van der Waals surface area (Å²) < 4.78 is 1.57. The van der Waals surface area contributed by atoms with Crippen LogP contribution in [0.1, 0.15) is 5.56 Å². The minimum Gasteiger partial charge on any atom is -0.328 e. The largest absolute Gasteiger partial charge is 0.328 e. The molecule has 0 atom stereocenters. The second-order valence-electron chi connectivity index (χ2n) is 4.10. The molecule has 1 aromatic carbocycles. The fourth-order valence-corrected chi connectivity index (χ4v) is 2.16. The first-order valence-corrected chi connectivity index (χ1v) is 6.17. The Hall–Kier alpha value is -2.65. The van der Waals surface area contributed by atoms with Gasteiger partial charge >= 0.3 is 0 Å². The van der Waals surface area contributed by atoms with E-state index in [2.05, 4.69) is 21.1 Å². The van der Waals surface area contributed by atoms with Gasteiger partial charge in [-0.15, -0.1) is 0 Å². The van der Waals surface area contributed by atoms with E-state index in [1.807, 2.05) is 30.1 Å². The topological polar surface area (TPSA) is 70.1 Å². The Bertz CT molecular complexity index is 819. The highest BCUT2D eigenvalue weighted by atomic mass is 35.5. The van der Waals surface area contributed by atoms with Crippen LogP contribution in [0.2, 0.25) is 5.15 Å². The number of anilines is 2. The molecule has 3 rings (SSSR count). The van der Waals surface area contributed by atoms with Crippen LogP contribution in [0, 0.1) is 11.3 Å². The zero-order chi connectivity index (χ0) is 14.1. The molecule has 0 saturated carbocycles. The Morgan fingerprint density at radius 3 is 2.95 bits per heavy atom. The first-order valence-electron chi connectivity index (χ1n) is 5.80. The van der Waals surface area contributed by atoms with Crippen molar-refractivity contribution in [2.24, 2.45) is 0 Å². The highest BCUT2D eigenvalue weighted by Crippen LogP contribution is 2.27. The van der Waals surface area contributed by atoms with Crippen molar-refractivity contribution in [3.05, 3.63) is 47.4 Å². The quantitative estimate of drug-likeness (QED) is 0.676. The molecule has 0 saturated heterocycles.